The van der Waals surface area contributed by atoms with E-state index in [0.717, 1.165) is 24.2 Å². The minimum Gasteiger partial charge on any atom is -0.481 e. The summed E-state index contributed by atoms with van der Waals surface area (Å²) in [5.74, 6) is 1.11. The van der Waals surface area contributed by atoms with E-state index in [2.05, 4.69) is 10.1 Å². The van der Waals surface area contributed by atoms with E-state index in [1.807, 2.05) is 30.3 Å². The highest BCUT2D eigenvalue weighted by Crippen LogP contribution is 2.38. The first kappa shape index (κ1) is 18.7. The lowest BCUT2D eigenvalue weighted by Gasteiger charge is -2.39. The highest BCUT2D eigenvalue weighted by molar-refractivity contribution is 5.82. The van der Waals surface area contributed by atoms with Gasteiger partial charge in [-0.25, -0.2) is 0 Å². The van der Waals surface area contributed by atoms with Crippen LogP contribution in [0.5, 0.6) is 0 Å². The number of piperidine rings is 1. The molecule has 0 radical (unpaired) electrons. The first-order valence-electron chi connectivity index (χ1n) is 9.98. The van der Waals surface area contributed by atoms with Gasteiger partial charge >= 0.3 is 5.97 Å². The van der Waals surface area contributed by atoms with Gasteiger partial charge in [-0.05, 0) is 37.7 Å². The number of hydrogen-bond donors (Lipinski definition) is 1. The van der Waals surface area contributed by atoms with Crippen molar-refractivity contribution in [3.8, 4) is 0 Å². The molecule has 148 valence electrons. The van der Waals surface area contributed by atoms with E-state index >= 15 is 0 Å². The van der Waals surface area contributed by atoms with Gasteiger partial charge in [-0.1, -0.05) is 35.5 Å². The maximum Gasteiger partial charge on any atom is 0.314 e. The molecule has 1 saturated heterocycles. The van der Waals surface area contributed by atoms with Crippen LogP contribution in [0.2, 0.25) is 0 Å². The van der Waals surface area contributed by atoms with Crippen molar-refractivity contribution < 1.29 is 19.2 Å². The topological polar surface area (TPSA) is 96.5 Å². The van der Waals surface area contributed by atoms with Crippen molar-refractivity contribution in [2.75, 3.05) is 13.1 Å². The maximum absolute atomic E-state index is 12.5. The molecule has 7 heteroatoms. The SMILES string of the molecule is O=C(CCCc1nc(C2CC2)no1)N1CCC(C(=O)O)(c2ccccc2)CC1. The number of nitrogens with zero attached hydrogens (tertiary/aromatic N) is 3. The summed E-state index contributed by atoms with van der Waals surface area (Å²) in [7, 11) is 0. The monoisotopic (exact) mass is 383 g/mol. The largest absolute Gasteiger partial charge is 0.481 e. The quantitative estimate of drug-likeness (QED) is 0.790. The Morgan fingerprint density at radius 3 is 2.54 bits per heavy atom. The molecule has 28 heavy (non-hydrogen) atoms. The summed E-state index contributed by atoms with van der Waals surface area (Å²) in [6, 6.07) is 9.35. The number of aromatic nitrogens is 2. The molecule has 4 rings (SSSR count). The van der Waals surface area contributed by atoms with Gasteiger partial charge in [0.25, 0.3) is 0 Å². The van der Waals surface area contributed by atoms with Crippen molar-refractivity contribution in [3.63, 3.8) is 0 Å². The number of carboxylic acid groups (broad SMARTS) is 1. The molecule has 1 aromatic heterocycles. The van der Waals surface area contributed by atoms with Gasteiger partial charge in [-0.3, -0.25) is 9.59 Å². The van der Waals surface area contributed by atoms with Gasteiger partial charge in [-0.2, -0.15) is 4.98 Å². The lowest BCUT2D eigenvalue weighted by molar-refractivity contribution is -0.148. The molecule has 0 bridgehead atoms. The molecule has 1 aliphatic carbocycles. The second kappa shape index (κ2) is 7.73. The molecule has 7 nitrogen and oxygen atoms in total. The third-order valence-electron chi connectivity index (χ3n) is 5.91. The Balaban J connectivity index is 1.28. The molecular weight excluding hydrogens is 358 g/mol. The van der Waals surface area contributed by atoms with Gasteiger partial charge in [0.05, 0.1) is 5.41 Å². The van der Waals surface area contributed by atoms with Crippen LogP contribution in [0.25, 0.3) is 0 Å². The van der Waals surface area contributed by atoms with Gasteiger partial charge in [-0.15, -0.1) is 0 Å². The number of carboxylic acids is 1. The molecule has 2 aliphatic rings. The molecule has 2 fully saturated rings. The molecule has 1 amide bonds. The van der Waals surface area contributed by atoms with Crippen LogP contribution < -0.4 is 0 Å². The van der Waals surface area contributed by atoms with E-state index in [1.165, 1.54) is 0 Å². The van der Waals surface area contributed by atoms with Crippen LogP contribution in [0, 0.1) is 0 Å². The van der Waals surface area contributed by atoms with Crippen molar-refractivity contribution in [2.24, 2.45) is 0 Å². The number of carbonyl (C=O) groups is 2. The first-order valence-corrected chi connectivity index (χ1v) is 9.98. The molecule has 2 aromatic rings. The number of carbonyl (C=O) groups excluding carboxylic acids is 1. The van der Waals surface area contributed by atoms with Crippen molar-refractivity contribution >= 4 is 11.9 Å². The van der Waals surface area contributed by atoms with Crippen LogP contribution in [-0.4, -0.2) is 45.1 Å². The lowest BCUT2D eigenvalue weighted by atomic mass is 9.73. The third kappa shape index (κ3) is 3.79. The summed E-state index contributed by atoms with van der Waals surface area (Å²) in [5, 5.41) is 13.8. The highest BCUT2D eigenvalue weighted by atomic mass is 16.5. The molecular formula is C21H25N3O4. The van der Waals surface area contributed by atoms with Crippen LogP contribution in [-0.2, 0) is 21.4 Å². The predicted molar refractivity (Wildman–Crippen MR) is 101 cm³/mol. The van der Waals surface area contributed by atoms with Gasteiger partial charge < -0.3 is 14.5 Å². The number of rotatable bonds is 7. The van der Waals surface area contributed by atoms with Crippen LogP contribution in [0.4, 0.5) is 0 Å². The minimum absolute atomic E-state index is 0.0639. The van der Waals surface area contributed by atoms with Crippen LogP contribution >= 0.6 is 0 Å². The Bertz CT molecular complexity index is 836. The number of hydrogen-bond acceptors (Lipinski definition) is 5. The molecule has 1 N–H and O–H groups in total. The Morgan fingerprint density at radius 1 is 1.18 bits per heavy atom. The van der Waals surface area contributed by atoms with E-state index in [0.29, 0.717) is 57.0 Å². The van der Waals surface area contributed by atoms with E-state index in [1.54, 1.807) is 4.90 Å². The third-order valence-corrected chi connectivity index (χ3v) is 5.91. The van der Waals surface area contributed by atoms with E-state index in [4.69, 9.17) is 4.52 Å². The fraction of sp³-hybridized carbons (Fsp3) is 0.524. The Hall–Kier alpha value is -2.70. The number of aliphatic carboxylic acids is 1. The summed E-state index contributed by atoms with van der Waals surface area (Å²) in [4.78, 5) is 30.7. The second-order valence-corrected chi connectivity index (χ2v) is 7.81. The summed E-state index contributed by atoms with van der Waals surface area (Å²) >= 11 is 0. The van der Waals surface area contributed by atoms with E-state index < -0.39 is 11.4 Å². The maximum atomic E-state index is 12.5. The molecule has 1 aromatic carbocycles. The lowest BCUT2D eigenvalue weighted by Crippen LogP contribution is -2.49. The van der Waals surface area contributed by atoms with Crippen LogP contribution in [0.3, 0.4) is 0 Å². The fourth-order valence-electron chi connectivity index (χ4n) is 3.95. The molecule has 2 heterocycles. The zero-order chi connectivity index (χ0) is 19.6. The summed E-state index contributed by atoms with van der Waals surface area (Å²) in [5.41, 5.74) is -0.0847. The van der Waals surface area contributed by atoms with Crippen molar-refractivity contribution in [1.29, 1.82) is 0 Å². The van der Waals surface area contributed by atoms with Crippen LogP contribution in [0.1, 0.15) is 61.7 Å². The standard InChI is InChI=1S/C21H25N3O4/c25-18(8-4-7-17-22-19(23-28-17)15-9-10-15)24-13-11-21(12-14-24,20(26)27)16-5-2-1-3-6-16/h1-3,5-6,15H,4,7-14H2,(H,26,27). The number of benzene rings is 1. The van der Waals surface area contributed by atoms with Gasteiger partial charge in [0.2, 0.25) is 11.8 Å². The summed E-state index contributed by atoms with van der Waals surface area (Å²) in [6.07, 6.45) is 4.80. The molecule has 0 spiro atoms. The Kier molecular flexibility index (Phi) is 5.15. The molecule has 1 saturated carbocycles. The number of likely N-dealkylation sites (tertiary alicyclic amines) is 1. The Labute approximate surface area is 163 Å². The summed E-state index contributed by atoms with van der Waals surface area (Å²) in [6.45, 7) is 0.929. The van der Waals surface area contributed by atoms with Crippen molar-refractivity contribution in [3.05, 3.63) is 47.6 Å². The number of aryl methyl sites for hydroxylation is 1. The Morgan fingerprint density at radius 2 is 1.89 bits per heavy atom. The van der Waals surface area contributed by atoms with E-state index in [-0.39, 0.29) is 5.91 Å². The normalized spacial score (nSPS) is 18.8. The fourth-order valence-corrected chi connectivity index (χ4v) is 3.95. The molecule has 0 unspecified atom stereocenters. The summed E-state index contributed by atoms with van der Waals surface area (Å²) < 4.78 is 5.24. The average Bonchev–Trinajstić information content (AvgIpc) is 3.47. The zero-order valence-electron chi connectivity index (χ0n) is 15.8. The van der Waals surface area contributed by atoms with Crippen molar-refractivity contribution in [1.82, 2.24) is 15.0 Å². The molecule has 0 atom stereocenters. The second-order valence-electron chi connectivity index (χ2n) is 7.81. The number of amides is 1. The highest BCUT2D eigenvalue weighted by Gasteiger charge is 2.43. The predicted octanol–water partition coefficient (Wildman–Crippen LogP) is 2.91. The molecule has 1 aliphatic heterocycles. The minimum atomic E-state index is -0.902. The van der Waals surface area contributed by atoms with Gasteiger partial charge in [0.15, 0.2) is 5.82 Å². The zero-order valence-corrected chi connectivity index (χ0v) is 15.8. The first-order chi connectivity index (χ1) is 13.6. The van der Waals surface area contributed by atoms with Crippen molar-refractivity contribution in [2.45, 2.75) is 56.3 Å². The average molecular weight is 383 g/mol. The van der Waals surface area contributed by atoms with Crippen LogP contribution in [0.15, 0.2) is 34.9 Å². The van der Waals surface area contributed by atoms with Gasteiger partial charge in [0, 0.05) is 31.8 Å². The smallest absolute Gasteiger partial charge is 0.314 e. The van der Waals surface area contributed by atoms with E-state index in [9.17, 15) is 14.7 Å². The van der Waals surface area contributed by atoms with Gasteiger partial charge in [0.1, 0.15) is 0 Å².